The molecule has 16 nitrogen and oxygen atoms in total. The fourth-order valence-corrected chi connectivity index (χ4v) is 9.96. The number of rotatable bonds is 8. The maximum atomic E-state index is 14.7. The molecule has 9 rings (SSSR count). The minimum atomic E-state index is -3.91. The van der Waals surface area contributed by atoms with Crippen molar-refractivity contribution >= 4 is 50.4 Å². The van der Waals surface area contributed by atoms with Gasteiger partial charge in [0.1, 0.15) is 35.5 Å². The van der Waals surface area contributed by atoms with E-state index >= 15 is 0 Å². The number of fused-ring (bicyclic) bond motifs is 5. The Morgan fingerprint density at radius 2 is 1.78 bits per heavy atom. The third kappa shape index (κ3) is 7.63. The molecule has 3 N–H and O–H groups in total. The van der Waals surface area contributed by atoms with Gasteiger partial charge in [-0.3, -0.25) is 19.1 Å². The Kier molecular flexibility index (Phi) is 10.1. The highest BCUT2D eigenvalue weighted by Gasteiger charge is 2.62. The van der Waals surface area contributed by atoms with Crippen molar-refractivity contribution in [3.05, 3.63) is 60.9 Å². The first-order valence-corrected chi connectivity index (χ1v) is 21.9. The maximum Gasteiger partial charge on any atom is 0.408 e. The highest BCUT2D eigenvalue weighted by atomic mass is 32.2. The molecule has 17 heteroatoms. The smallest absolute Gasteiger partial charge is 0.408 e. The second-order valence-electron chi connectivity index (χ2n) is 16.2. The zero-order chi connectivity index (χ0) is 40.0. The van der Waals surface area contributed by atoms with Crippen molar-refractivity contribution in [2.75, 3.05) is 6.54 Å². The summed E-state index contributed by atoms with van der Waals surface area (Å²) in [4.78, 5) is 62.6. The predicted octanol–water partition coefficient (Wildman–Crippen LogP) is 4.53. The summed E-state index contributed by atoms with van der Waals surface area (Å²) in [5.41, 5.74) is 0.181. The van der Waals surface area contributed by atoms with Gasteiger partial charge in [0.2, 0.25) is 27.7 Å². The van der Waals surface area contributed by atoms with Crippen LogP contribution in [-0.4, -0.2) is 93.4 Å². The highest BCUT2D eigenvalue weighted by Crippen LogP contribution is 2.46. The Morgan fingerprint density at radius 1 is 0.966 bits per heavy atom. The van der Waals surface area contributed by atoms with Gasteiger partial charge in [0.05, 0.1) is 23.6 Å². The molecule has 2 aliphatic heterocycles. The SMILES string of the molecule is O=C(N[C@H]1CCCCC/C=C\[C@H]2C[C@@]2(C(=O)NS(=O)(=O)C2CC2)NC(=O)[C@@H]2C[C@@H](Oc3cc(-c4ccco4)nc4c5ccccc5nn34)CN2C1=O)OC1CCCC1. The Labute approximate surface area is 335 Å². The van der Waals surface area contributed by atoms with Gasteiger partial charge in [-0.05, 0) is 88.5 Å². The molecule has 1 aromatic carbocycles. The van der Waals surface area contributed by atoms with Crippen LogP contribution in [0.1, 0.15) is 83.5 Å². The van der Waals surface area contributed by atoms with Crippen LogP contribution >= 0.6 is 0 Å². The predicted molar refractivity (Wildman–Crippen MR) is 210 cm³/mol. The summed E-state index contributed by atoms with van der Waals surface area (Å²) in [7, 11) is -3.91. The second kappa shape index (κ2) is 15.4. The molecule has 1 saturated heterocycles. The Morgan fingerprint density at radius 3 is 2.57 bits per heavy atom. The third-order valence-corrected chi connectivity index (χ3v) is 13.8. The quantitative estimate of drug-likeness (QED) is 0.211. The minimum Gasteiger partial charge on any atom is -0.472 e. The summed E-state index contributed by atoms with van der Waals surface area (Å²) < 4.78 is 47.7. The summed E-state index contributed by atoms with van der Waals surface area (Å²) in [6, 6.07) is 10.6. The van der Waals surface area contributed by atoms with Gasteiger partial charge in [-0.2, -0.15) is 9.61 Å². The van der Waals surface area contributed by atoms with Crippen LogP contribution in [0.15, 0.2) is 65.3 Å². The number of amides is 4. The molecule has 306 valence electrons. The highest BCUT2D eigenvalue weighted by molar-refractivity contribution is 7.91. The molecule has 0 bridgehead atoms. The first kappa shape index (κ1) is 38.1. The van der Waals surface area contributed by atoms with Gasteiger partial charge in [-0.1, -0.05) is 37.1 Å². The molecule has 3 aliphatic carbocycles. The van der Waals surface area contributed by atoms with Gasteiger partial charge in [-0.25, -0.2) is 18.2 Å². The Bertz CT molecular complexity index is 2370. The maximum absolute atomic E-state index is 14.7. The first-order valence-electron chi connectivity index (χ1n) is 20.4. The summed E-state index contributed by atoms with van der Waals surface area (Å²) in [6.07, 6.45) is 11.6. The van der Waals surface area contributed by atoms with E-state index in [-0.39, 0.29) is 25.5 Å². The first-order chi connectivity index (χ1) is 28.1. The van der Waals surface area contributed by atoms with E-state index in [9.17, 15) is 27.6 Å². The number of benzene rings is 1. The lowest BCUT2D eigenvalue weighted by Crippen LogP contribution is -2.58. The normalized spacial score (nSPS) is 27.6. The van der Waals surface area contributed by atoms with E-state index < -0.39 is 68.7 Å². The van der Waals surface area contributed by atoms with E-state index in [4.69, 9.17) is 24.0 Å². The molecule has 0 spiro atoms. The van der Waals surface area contributed by atoms with Crippen molar-refractivity contribution < 1.29 is 41.5 Å². The second-order valence-corrected chi connectivity index (χ2v) is 18.2. The zero-order valence-electron chi connectivity index (χ0n) is 32.0. The van der Waals surface area contributed by atoms with Crippen LogP contribution in [0.3, 0.4) is 0 Å². The topological polar surface area (TPSA) is 204 Å². The van der Waals surface area contributed by atoms with E-state index in [1.165, 1.54) is 4.90 Å². The van der Waals surface area contributed by atoms with Crippen LogP contribution in [0.25, 0.3) is 28.0 Å². The van der Waals surface area contributed by atoms with Gasteiger partial charge >= 0.3 is 6.09 Å². The number of hydrogen-bond acceptors (Lipinski definition) is 11. The van der Waals surface area contributed by atoms with Crippen LogP contribution in [0.5, 0.6) is 5.88 Å². The number of aromatic nitrogens is 3. The molecular weight excluding hydrogens is 767 g/mol. The molecule has 5 heterocycles. The molecular formula is C41H47N7O9S. The molecule has 4 fully saturated rings. The van der Waals surface area contributed by atoms with Crippen molar-refractivity contribution in [2.24, 2.45) is 5.92 Å². The molecule has 3 saturated carbocycles. The van der Waals surface area contributed by atoms with Crippen LogP contribution in [0.2, 0.25) is 0 Å². The third-order valence-electron chi connectivity index (χ3n) is 12.0. The standard InChI is InChI=1S/C41H47N7O9S/c49-37-33-21-27(56-35-22-32(34-17-10-20-55-34)42-36-29-14-8-9-15-30(29)45-48(35)36)24-47(33)38(50)31(43-40(52)57-26-12-6-7-13-26)16-5-3-1-2-4-11-25-23-41(25,44-37)39(51)46-58(53,54)28-18-19-28/h4,8-11,14-15,17,20,22,25-28,31,33H,1-3,5-7,12-13,16,18-19,21,23-24H2,(H,43,52)(H,44,49)(H,46,51)/b11-4-/t25-,27+,31-,33-,41+/m0/s1. The summed E-state index contributed by atoms with van der Waals surface area (Å²) in [5.74, 6) is -1.53. The number of alkyl carbamates (subject to hydrolysis) is 1. The van der Waals surface area contributed by atoms with Gasteiger partial charge < -0.3 is 29.4 Å². The van der Waals surface area contributed by atoms with E-state index in [2.05, 4.69) is 15.4 Å². The lowest BCUT2D eigenvalue weighted by molar-refractivity contribution is -0.141. The van der Waals surface area contributed by atoms with E-state index in [1.807, 2.05) is 36.4 Å². The summed E-state index contributed by atoms with van der Waals surface area (Å²) in [6.45, 7) is -0.0357. The lowest BCUT2D eigenvalue weighted by atomic mass is 10.0. The Hall–Kier alpha value is -5.45. The number of ether oxygens (including phenoxy) is 2. The number of sulfonamides is 1. The summed E-state index contributed by atoms with van der Waals surface area (Å²) >= 11 is 0. The average Bonchev–Trinajstić information content (AvgIpc) is 3.81. The fourth-order valence-electron chi connectivity index (χ4n) is 8.59. The van der Waals surface area contributed by atoms with Crippen LogP contribution in [-0.2, 0) is 29.1 Å². The molecule has 0 unspecified atom stereocenters. The number of allylic oxidation sites excluding steroid dienone is 1. The van der Waals surface area contributed by atoms with E-state index in [1.54, 1.807) is 29.0 Å². The zero-order valence-corrected chi connectivity index (χ0v) is 32.8. The minimum absolute atomic E-state index is 0.0239. The van der Waals surface area contributed by atoms with Gasteiger partial charge in [0, 0.05) is 23.8 Å². The van der Waals surface area contributed by atoms with Crippen molar-refractivity contribution in [2.45, 2.75) is 119 Å². The molecule has 4 amide bonds. The lowest BCUT2D eigenvalue weighted by Gasteiger charge is -2.30. The van der Waals surface area contributed by atoms with Gasteiger partial charge in [0.25, 0.3) is 5.91 Å². The van der Waals surface area contributed by atoms with Crippen LogP contribution in [0.4, 0.5) is 4.79 Å². The molecule has 5 aliphatic rings. The van der Waals surface area contributed by atoms with Crippen molar-refractivity contribution in [3.63, 3.8) is 0 Å². The largest absolute Gasteiger partial charge is 0.472 e. The number of nitrogens with zero attached hydrogens (tertiary/aromatic N) is 4. The van der Waals surface area contributed by atoms with Crippen molar-refractivity contribution in [3.8, 4) is 17.3 Å². The molecule has 5 atom stereocenters. The Balaban J connectivity index is 1.04. The van der Waals surface area contributed by atoms with Crippen LogP contribution in [0, 0.1) is 5.92 Å². The number of furan rings is 1. The fraction of sp³-hybridized carbons (Fsp3) is 0.512. The monoisotopic (exact) mass is 813 g/mol. The molecule has 58 heavy (non-hydrogen) atoms. The number of carbonyl (C=O) groups excluding carboxylic acids is 4. The van der Waals surface area contributed by atoms with Crippen LogP contribution < -0.4 is 20.1 Å². The van der Waals surface area contributed by atoms with Gasteiger partial charge in [-0.15, -0.1) is 0 Å². The average molecular weight is 814 g/mol. The number of carbonyl (C=O) groups is 4. The van der Waals surface area contributed by atoms with E-state index in [0.717, 1.165) is 43.9 Å². The van der Waals surface area contributed by atoms with Crippen molar-refractivity contribution in [1.82, 2.24) is 34.9 Å². The number of hydrogen-bond donors (Lipinski definition) is 3. The molecule has 0 radical (unpaired) electrons. The molecule has 3 aromatic heterocycles. The molecule has 4 aromatic rings. The summed E-state index contributed by atoms with van der Waals surface area (Å²) in [5, 5.41) is 10.6. The number of nitrogens with one attached hydrogen (secondary N) is 3. The van der Waals surface area contributed by atoms with E-state index in [0.29, 0.717) is 60.6 Å². The van der Waals surface area contributed by atoms with Crippen molar-refractivity contribution in [1.29, 1.82) is 0 Å². The van der Waals surface area contributed by atoms with Gasteiger partial charge in [0.15, 0.2) is 11.4 Å².